The number of nitriles is 2. The average molecular weight is 691 g/mol. The number of alkyl carbamates (subject to hydrolysis) is 1. The van der Waals surface area contributed by atoms with Crippen molar-refractivity contribution in [3.63, 3.8) is 0 Å². The highest BCUT2D eigenvalue weighted by Gasteiger charge is 2.52. The number of nitrogens with zero attached hydrogens (tertiary/aromatic N) is 4. The molecule has 12 heteroatoms. The Labute approximate surface area is 297 Å². The minimum absolute atomic E-state index is 0.108. The van der Waals surface area contributed by atoms with E-state index < -0.39 is 35.5 Å². The summed E-state index contributed by atoms with van der Waals surface area (Å²) in [5.74, 6) is -2.50. The lowest BCUT2D eigenvalue weighted by Gasteiger charge is -2.28. The molecule has 4 aliphatic rings. The van der Waals surface area contributed by atoms with Gasteiger partial charge in [-0.2, -0.15) is 10.5 Å². The zero-order valence-corrected chi connectivity index (χ0v) is 29.0. The largest absolute Gasteiger partial charge is 0.444 e. The van der Waals surface area contributed by atoms with Crippen LogP contribution in [0.15, 0.2) is 72.8 Å². The van der Waals surface area contributed by atoms with E-state index in [0.717, 1.165) is 11.1 Å². The Morgan fingerprint density at radius 3 is 1.67 bits per heavy atom. The Morgan fingerprint density at radius 2 is 1.22 bits per heavy atom. The summed E-state index contributed by atoms with van der Waals surface area (Å²) < 4.78 is 5.29. The highest BCUT2D eigenvalue weighted by molar-refractivity contribution is 6.06. The molecule has 0 aromatic heterocycles. The van der Waals surface area contributed by atoms with Crippen molar-refractivity contribution in [3.05, 3.63) is 95.1 Å². The molecular weight excluding hydrogens is 648 g/mol. The van der Waals surface area contributed by atoms with Crippen LogP contribution in [0.3, 0.4) is 0 Å². The molecule has 6 rings (SSSR count). The summed E-state index contributed by atoms with van der Waals surface area (Å²) >= 11 is 0. The van der Waals surface area contributed by atoms with Crippen molar-refractivity contribution in [3.8, 4) is 12.1 Å². The number of carbonyl (C=O) groups is 5. The number of nitrogens with one attached hydrogen (secondary N) is 1. The molecule has 2 aromatic carbocycles. The van der Waals surface area contributed by atoms with Crippen LogP contribution in [0.5, 0.6) is 0 Å². The minimum Gasteiger partial charge on any atom is -0.444 e. The summed E-state index contributed by atoms with van der Waals surface area (Å²) in [5, 5.41) is 20.4. The van der Waals surface area contributed by atoms with Crippen LogP contribution in [0.2, 0.25) is 0 Å². The van der Waals surface area contributed by atoms with Crippen molar-refractivity contribution < 1.29 is 28.7 Å². The second kappa shape index (κ2) is 15.5. The predicted octanol–water partition coefficient (Wildman–Crippen LogP) is 3.54. The first-order valence-corrected chi connectivity index (χ1v) is 17.1. The van der Waals surface area contributed by atoms with E-state index in [0.29, 0.717) is 43.4 Å². The van der Waals surface area contributed by atoms with E-state index in [4.69, 9.17) is 21.0 Å². The minimum atomic E-state index is -0.648. The number of likely N-dealkylation sites (tertiary alicyclic amines) is 2. The van der Waals surface area contributed by atoms with Gasteiger partial charge in [-0.25, -0.2) is 4.79 Å². The second-order valence-electron chi connectivity index (χ2n) is 14.1. The summed E-state index contributed by atoms with van der Waals surface area (Å²) in [4.78, 5) is 65.4. The number of fused-ring (bicyclic) bond motifs is 2. The van der Waals surface area contributed by atoms with Crippen LogP contribution < -0.4 is 11.1 Å². The van der Waals surface area contributed by atoms with Crippen LogP contribution >= 0.6 is 0 Å². The molecule has 0 radical (unpaired) electrons. The molecule has 3 N–H and O–H groups in total. The third-order valence-electron chi connectivity index (χ3n) is 9.52. The number of benzene rings is 2. The number of allylic oxidation sites excluding steroid dienone is 2. The Balaban J connectivity index is 0.000000205. The van der Waals surface area contributed by atoms with Crippen LogP contribution in [0, 0.1) is 46.3 Å². The van der Waals surface area contributed by atoms with Crippen molar-refractivity contribution in [2.24, 2.45) is 29.4 Å². The highest BCUT2D eigenvalue weighted by Crippen LogP contribution is 2.36. The third kappa shape index (κ3) is 8.42. The van der Waals surface area contributed by atoms with Crippen molar-refractivity contribution in [1.29, 1.82) is 10.5 Å². The quantitative estimate of drug-likeness (QED) is 0.324. The van der Waals surface area contributed by atoms with Gasteiger partial charge in [0.05, 0.1) is 53.0 Å². The first-order valence-electron chi connectivity index (χ1n) is 17.1. The van der Waals surface area contributed by atoms with Crippen LogP contribution in [0.25, 0.3) is 0 Å². The molecular formula is C39H42N6O6. The molecule has 6 unspecified atom stereocenters. The molecule has 0 saturated carbocycles. The molecule has 2 aromatic rings. The van der Waals surface area contributed by atoms with E-state index >= 15 is 0 Å². The molecule has 5 amide bonds. The lowest BCUT2D eigenvalue weighted by Crippen LogP contribution is -2.47. The molecule has 2 saturated heterocycles. The standard InChI is InChI=1S/C22H25N3O4.C17H17N3O2/c1-22(2,3)29-21(28)24-17-6-4-5-16-18(17)20(27)25(19(16)26)12-11-14-7-9-15(13-23)10-8-14;18-10-12-6-4-11(5-7-12)8-9-20-16(21)13-2-1-3-14(19)15(13)17(20)22/h4,6-10,16-18H,5,11-12H2,1-3H3,(H,24,28);1,3-7,13-15H,2,8-9,19H2. The summed E-state index contributed by atoms with van der Waals surface area (Å²) in [6, 6.07) is 17.5. The number of hydrogen-bond acceptors (Lipinski definition) is 9. The lowest BCUT2D eigenvalue weighted by atomic mass is 9.81. The molecule has 264 valence electrons. The Morgan fingerprint density at radius 1 is 0.765 bits per heavy atom. The molecule has 2 aliphatic heterocycles. The van der Waals surface area contributed by atoms with Gasteiger partial charge in [-0.05, 0) is 81.8 Å². The molecule has 6 atom stereocenters. The van der Waals surface area contributed by atoms with Crippen molar-refractivity contribution in [2.75, 3.05) is 13.1 Å². The zero-order chi connectivity index (χ0) is 36.9. The monoisotopic (exact) mass is 690 g/mol. The van der Waals surface area contributed by atoms with Crippen LogP contribution in [-0.4, -0.2) is 70.3 Å². The van der Waals surface area contributed by atoms with E-state index in [9.17, 15) is 24.0 Å². The van der Waals surface area contributed by atoms with Crippen LogP contribution in [0.1, 0.15) is 55.9 Å². The fourth-order valence-electron chi connectivity index (χ4n) is 6.95. The van der Waals surface area contributed by atoms with E-state index in [-0.39, 0.29) is 42.1 Å². The number of imide groups is 2. The number of hydrogen-bond donors (Lipinski definition) is 2. The van der Waals surface area contributed by atoms with Gasteiger partial charge in [0.2, 0.25) is 23.6 Å². The predicted molar refractivity (Wildman–Crippen MR) is 186 cm³/mol. The third-order valence-corrected chi connectivity index (χ3v) is 9.52. The normalized spacial score (nSPS) is 25.0. The van der Waals surface area contributed by atoms with Crippen molar-refractivity contribution in [2.45, 2.75) is 64.1 Å². The summed E-state index contributed by atoms with van der Waals surface area (Å²) in [6.07, 6.45) is 8.87. The summed E-state index contributed by atoms with van der Waals surface area (Å²) in [6.45, 7) is 5.93. The lowest BCUT2D eigenvalue weighted by molar-refractivity contribution is -0.141. The highest BCUT2D eigenvalue weighted by atomic mass is 16.6. The van der Waals surface area contributed by atoms with Gasteiger partial charge in [-0.3, -0.25) is 29.0 Å². The van der Waals surface area contributed by atoms with Gasteiger partial charge in [-0.15, -0.1) is 0 Å². The zero-order valence-electron chi connectivity index (χ0n) is 29.0. The van der Waals surface area contributed by atoms with E-state index in [1.807, 2.05) is 42.5 Å². The summed E-state index contributed by atoms with van der Waals surface area (Å²) in [7, 11) is 0. The Hall–Kier alpha value is -5.59. The second-order valence-corrected chi connectivity index (χ2v) is 14.1. The fourth-order valence-corrected chi connectivity index (χ4v) is 6.95. The van der Waals surface area contributed by atoms with E-state index in [2.05, 4.69) is 17.5 Å². The molecule has 2 fully saturated rings. The average Bonchev–Trinajstić information content (AvgIpc) is 3.50. The van der Waals surface area contributed by atoms with Gasteiger partial charge in [0.1, 0.15) is 5.60 Å². The number of amides is 5. The van der Waals surface area contributed by atoms with E-state index in [1.165, 1.54) is 9.80 Å². The Kier molecular flexibility index (Phi) is 11.2. The molecule has 51 heavy (non-hydrogen) atoms. The first-order chi connectivity index (χ1) is 24.3. The van der Waals surface area contributed by atoms with Crippen molar-refractivity contribution in [1.82, 2.24) is 15.1 Å². The SMILES string of the molecule is CC(C)(C)OC(=O)NC1C=CCC2C(=O)N(CCc3ccc(C#N)cc3)C(=O)C12.N#Cc1ccc(CCN2C(=O)C3CC=CC(N)C3C2=O)cc1. The maximum absolute atomic E-state index is 13.0. The van der Waals surface area contributed by atoms with E-state index in [1.54, 1.807) is 51.1 Å². The molecule has 0 bridgehead atoms. The van der Waals surface area contributed by atoms with Gasteiger partial charge in [-0.1, -0.05) is 48.6 Å². The first kappa shape index (κ1) is 36.7. The van der Waals surface area contributed by atoms with Crippen molar-refractivity contribution >= 4 is 29.7 Å². The molecule has 2 heterocycles. The van der Waals surface area contributed by atoms with Crippen LogP contribution in [0.4, 0.5) is 4.79 Å². The van der Waals surface area contributed by atoms with Gasteiger partial charge in [0, 0.05) is 19.1 Å². The maximum atomic E-state index is 13.0. The van der Waals surface area contributed by atoms with Crippen LogP contribution in [-0.2, 0) is 36.8 Å². The maximum Gasteiger partial charge on any atom is 0.408 e. The number of rotatable bonds is 7. The fraction of sp³-hybridized carbons (Fsp3) is 0.410. The molecule has 12 nitrogen and oxygen atoms in total. The summed E-state index contributed by atoms with van der Waals surface area (Å²) in [5.41, 5.74) is 8.41. The molecule has 2 aliphatic carbocycles. The van der Waals surface area contributed by atoms with Gasteiger partial charge >= 0.3 is 6.09 Å². The van der Waals surface area contributed by atoms with Gasteiger partial charge in [0.25, 0.3) is 0 Å². The van der Waals surface area contributed by atoms with Gasteiger partial charge in [0.15, 0.2) is 0 Å². The Bertz CT molecular complexity index is 1810. The topological polar surface area (TPSA) is 187 Å². The number of ether oxygens (including phenoxy) is 1. The van der Waals surface area contributed by atoms with Gasteiger partial charge < -0.3 is 15.8 Å². The molecule has 0 spiro atoms. The number of nitrogens with two attached hydrogens (primary N) is 1. The number of carbonyl (C=O) groups excluding carboxylic acids is 5. The smallest absolute Gasteiger partial charge is 0.408 e.